The van der Waals surface area contributed by atoms with Crippen molar-refractivity contribution in [2.75, 3.05) is 0 Å². The Kier molecular flexibility index (Phi) is 2.64. The molecule has 0 aliphatic heterocycles. The molecule has 0 nitrogen and oxygen atoms in total. The van der Waals surface area contributed by atoms with E-state index in [0.717, 1.165) is -2.66 Å². The van der Waals surface area contributed by atoms with Gasteiger partial charge in [-0.25, -0.2) is 0 Å². The van der Waals surface area contributed by atoms with Crippen LogP contribution in [0.2, 0.25) is 0 Å². The van der Waals surface area contributed by atoms with E-state index in [4.69, 9.17) is 0 Å². The van der Waals surface area contributed by atoms with Crippen LogP contribution < -0.4 is 0 Å². The maximum atomic E-state index is 2.29. The molecule has 62 valence electrons. The van der Waals surface area contributed by atoms with Crippen LogP contribution in [0, 0.1) is 0 Å². The van der Waals surface area contributed by atoms with E-state index in [9.17, 15) is 0 Å². The minimum atomic E-state index is 0.560. The van der Waals surface area contributed by atoms with Crippen molar-refractivity contribution < 1.29 is 0 Å². The first-order valence-corrected chi connectivity index (χ1v) is 8.69. The summed E-state index contributed by atoms with van der Waals surface area (Å²) in [5, 5.41) is 0. The van der Waals surface area contributed by atoms with Gasteiger partial charge >= 0.3 is 134 Å². The molecule has 0 spiro atoms. The Morgan fingerprint density at radius 3 is 1.64 bits per heavy atom. The Morgan fingerprint density at radius 2 is 1.14 bits per heavy atom. The average molecular weight is 298 g/mol. The van der Waals surface area contributed by atoms with Crippen molar-refractivity contribution in [3.05, 3.63) is 59.7 Å². The van der Waals surface area contributed by atoms with Crippen molar-refractivity contribution in [3.63, 3.8) is 0 Å². The summed E-state index contributed by atoms with van der Waals surface area (Å²) in [6.45, 7) is 0. The maximum absolute atomic E-state index is 2.29. The van der Waals surface area contributed by atoms with Crippen molar-refractivity contribution in [2.24, 2.45) is 0 Å². The Bertz CT molecular complexity index is 443. The summed E-state index contributed by atoms with van der Waals surface area (Å²) in [7, 11) is 0. The van der Waals surface area contributed by atoms with E-state index in [0.29, 0.717) is 65.9 Å². The summed E-state index contributed by atoms with van der Waals surface area (Å²) in [4.78, 5) is 0. The molecule has 1 aliphatic rings. The minimum absolute atomic E-state index is 0.560. The van der Waals surface area contributed by atoms with Gasteiger partial charge in [-0.05, 0) is 0 Å². The molecule has 0 N–H and O–H groups in total. The first-order valence-electron chi connectivity index (χ1n) is 5.06. The molecule has 0 atom stereocenters. The van der Waals surface area contributed by atoms with E-state index in [1.807, 2.05) is 0 Å². The zero-order valence-corrected chi connectivity index (χ0v) is 14.5. The van der Waals surface area contributed by atoms with E-state index < -0.39 is 0 Å². The van der Waals surface area contributed by atoms with Crippen LogP contribution in [0.1, 0.15) is 8.47 Å². The van der Waals surface area contributed by atoms with E-state index in [1.54, 1.807) is 11.1 Å². The molecule has 0 bridgehead atoms. The quantitative estimate of drug-likeness (QED) is 0.701. The molecule has 3 rings (SSSR count). The summed E-state index contributed by atoms with van der Waals surface area (Å²) < 4.78 is 0.780. The van der Waals surface area contributed by atoms with Crippen LogP contribution in [-0.4, -0.2) is 65.9 Å². The monoisotopic (exact) mass is 298 g/mol. The van der Waals surface area contributed by atoms with Crippen molar-refractivity contribution in [1.29, 1.82) is 0 Å². The number of hydrogen-bond acceptors (Lipinski definition) is 0. The van der Waals surface area contributed by atoms with Crippen molar-refractivity contribution in [3.8, 4) is 11.1 Å². The van der Waals surface area contributed by atoms with Crippen LogP contribution in [0.4, 0.5) is 0 Å². The predicted octanol–water partition coefficient (Wildman–Crippen LogP) is 2.92. The van der Waals surface area contributed by atoms with Crippen LogP contribution in [0.5, 0.6) is 0 Å². The molecule has 14 heavy (non-hydrogen) atoms. The number of benzene rings is 2. The van der Waals surface area contributed by atoms with Gasteiger partial charge in [0.2, 0.25) is 0 Å². The van der Waals surface area contributed by atoms with Gasteiger partial charge in [-0.2, -0.15) is 0 Å². The Morgan fingerprint density at radius 1 is 0.714 bits per heavy atom. The number of hydrogen-bond donors (Lipinski definition) is 0. The molecule has 0 unspecified atom stereocenters. The SMILES string of the molecule is [Cs][CH]1c2ccccc2-c2ccccc21. The Labute approximate surface area is 131 Å². The molecule has 1 aliphatic carbocycles. The third-order valence-electron chi connectivity index (χ3n) is 3.14. The van der Waals surface area contributed by atoms with Crippen LogP contribution in [0.15, 0.2) is 48.5 Å². The molecule has 1 heteroatoms. The topological polar surface area (TPSA) is 0 Å². The van der Waals surface area contributed by atoms with Gasteiger partial charge in [-0.15, -0.1) is 0 Å². The molecule has 0 radical (unpaired) electrons. The van der Waals surface area contributed by atoms with Crippen molar-refractivity contribution in [1.82, 2.24) is 0 Å². The summed E-state index contributed by atoms with van der Waals surface area (Å²) >= 11 is 0.560. The zero-order valence-electron chi connectivity index (χ0n) is 8.20. The van der Waals surface area contributed by atoms with Gasteiger partial charge in [0.15, 0.2) is 0 Å². The van der Waals surface area contributed by atoms with Gasteiger partial charge in [0, 0.05) is 0 Å². The molecular formula is C13H9Cs. The van der Waals surface area contributed by atoms with E-state index >= 15 is 0 Å². The molecule has 0 saturated heterocycles. The third kappa shape index (κ3) is 1.39. The summed E-state index contributed by atoms with van der Waals surface area (Å²) in [5.41, 5.74) is 6.07. The van der Waals surface area contributed by atoms with Crippen LogP contribution >= 0.6 is 0 Å². The molecule has 0 heterocycles. The van der Waals surface area contributed by atoms with Gasteiger partial charge in [0.05, 0.1) is 0 Å². The van der Waals surface area contributed by atoms with Crippen LogP contribution in [-0.2, 0) is 0 Å². The van der Waals surface area contributed by atoms with Crippen LogP contribution in [0.25, 0.3) is 11.1 Å². The summed E-state index contributed by atoms with van der Waals surface area (Å²) in [6.07, 6.45) is 0. The first-order chi connectivity index (χ1) is 6.88. The Balaban J connectivity index is 2.36. The van der Waals surface area contributed by atoms with Crippen molar-refractivity contribution >= 4 is 65.9 Å². The van der Waals surface area contributed by atoms with Gasteiger partial charge in [0.1, 0.15) is 0 Å². The van der Waals surface area contributed by atoms with Crippen molar-refractivity contribution in [2.45, 2.75) is -2.66 Å². The second kappa shape index (κ2) is 3.82. The fourth-order valence-electron chi connectivity index (χ4n) is 2.41. The second-order valence-electron chi connectivity index (χ2n) is 3.90. The average Bonchev–Trinajstić information content (AvgIpc) is 2.55. The normalized spacial score (nSPS) is 13.9. The molecular weight excluding hydrogens is 289 g/mol. The van der Waals surface area contributed by atoms with E-state index in [2.05, 4.69) is 48.5 Å². The molecule has 0 saturated carbocycles. The fraction of sp³-hybridized carbons (Fsp3) is 0.0769. The van der Waals surface area contributed by atoms with E-state index in [1.165, 1.54) is 11.1 Å². The summed E-state index contributed by atoms with van der Waals surface area (Å²) in [5.74, 6) is 0. The molecule has 2 aromatic carbocycles. The molecule has 0 fully saturated rings. The number of fused-ring (bicyclic) bond motifs is 3. The number of rotatable bonds is 0. The predicted molar refractivity (Wildman–Crippen MR) is 59.5 cm³/mol. The first kappa shape index (κ1) is 9.70. The standard InChI is InChI=1S/C13H9.Cs/c1-3-7-12-10(5-1)9-11-6-2-4-8-13(11)12;/h1-9H;. The second-order valence-corrected chi connectivity index (χ2v) is 7.52. The Hall–Kier alpha value is 0.492. The summed E-state index contributed by atoms with van der Waals surface area (Å²) in [6, 6.07) is 17.7. The zero-order chi connectivity index (χ0) is 9.54. The van der Waals surface area contributed by atoms with Crippen LogP contribution in [0.3, 0.4) is 0 Å². The third-order valence-corrected chi connectivity index (χ3v) is 7.05. The molecule has 0 amide bonds. The van der Waals surface area contributed by atoms with Gasteiger partial charge in [-0.3, -0.25) is 0 Å². The van der Waals surface area contributed by atoms with Gasteiger partial charge < -0.3 is 0 Å². The molecule has 2 aromatic rings. The molecule has 0 aromatic heterocycles. The van der Waals surface area contributed by atoms with Gasteiger partial charge in [-0.1, -0.05) is 0 Å². The fourth-order valence-corrected chi connectivity index (χ4v) is 5.57. The van der Waals surface area contributed by atoms with E-state index in [-0.39, 0.29) is 0 Å². The van der Waals surface area contributed by atoms with Gasteiger partial charge in [0.25, 0.3) is 0 Å².